The van der Waals surface area contributed by atoms with Crippen LogP contribution in [0, 0.1) is 0 Å². The SMILES string of the molecule is CNc1ncnc(Nc2ccc(Br)c(Cl)c2Cl)c1OC. The van der Waals surface area contributed by atoms with Crippen molar-refractivity contribution >= 4 is 56.5 Å². The van der Waals surface area contributed by atoms with Crippen LogP contribution in [0.2, 0.25) is 10.0 Å². The first-order valence-electron chi connectivity index (χ1n) is 5.55. The number of hydrogen-bond donors (Lipinski definition) is 2. The Morgan fingerprint density at radius 3 is 2.50 bits per heavy atom. The summed E-state index contributed by atoms with van der Waals surface area (Å²) in [5.74, 6) is 1.56. The van der Waals surface area contributed by atoms with Crippen LogP contribution in [0.5, 0.6) is 5.75 Å². The van der Waals surface area contributed by atoms with Gasteiger partial charge in [-0.2, -0.15) is 0 Å². The van der Waals surface area contributed by atoms with E-state index in [1.54, 1.807) is 26.3 Å². The van der Waals surface area contributed by atoms with Crippen LogP contribution in [0.15, 0.2) is 22.9 Å². The lowest BCUT2D eigenvalue weighted by atomic mass is 10.3. The predicted octanol–water partition coefficient (Wildman–Crippen LogP) is 4.34. The second kappa shape index (κ2) is 6.47. The summed E-state index contributed by atoms with van der Waals surface area (Å²) in [5.41, 5.74) is 0.624. The fourth-order valence-electron chi connectivity index (χ4n) is 1.58. The summed E-state index contributed by atoms with van der Waals surface area (Å²) in [5, 5.41) is 6.83. The molecule has 0 atom stereocenters. The molecule has 0 saturated heterocycles. The number of methoxy groups -OCH3 is 1. The molecule has 8 heteroatoms. The minimum absolute atomic E-state index is 0.396. The van der Waals surface area contributed by atoms with Gasteiger partial charge < -0.3 is 15.4 Å². The number of halogens is 3. The van der Waals surface area contributed by atoms with Gasteiger partial charge in [0.15, 0.2) is 11.6 Å². The molecule has 2 N–H and O–H groups in total. The molecule has 0 aliphatic rings. The van der Waals surface area contributed by atoms with E-state index in [2.05, 4.69) is 36.5 Å². The quantitative estimate of drug-likeness (QED) is 0.776. The van der Waals surface area contributed by atoms with Gasteiger partial charge in [-0.15, -0.1) is 0 Å². The molecule has 20 heavy (non-hydrogen) atoms. The van der Waals surface area contributed by atoms with Gasteiger partial charge in [-0.05, 0) is 28.1 Å². The number of nitrogens with zero attached hydrogens (tertiary/aromatic N) is 2. The molecule has 5 nitrogen and oxygen atoms in total. The highest BCUT2D eigenvalue weighted by Gasteiger charge is 2.14. The number of hydrogen-bond acceptors (Lipinski definition) is 5. The van der Waals surface area contributed by atoms with Crippen molar-refractivity contribution in [3.8, 4) is 5.75 Å². The minimum Gasteiger partial charge on any atom is -0.490 e. The predicted molar refractivity (Wildman–Crippen MR) is 85.6 cm³/mol. The van der Waals surface area contributed by atoms with Gasteiger partial charge in [0, 0.05) is 11.5 Å². The average Bonchev–Trinajstić information content (AvgIpc) is 2.47. The minimum atomic E-state index is 0.396. The van der Waals surface area contributed by atoms with Crippen LogP contribution in [0.4, 0.5) is 17.3 Å². The molecule has 106 valence electrons. The molecule has 2 aromatic rings. The Hall–Kier alpha value is -1.24. The highest BCUT2D eigenvalue weighted by atomic mass is 79.9. The van der Waals surface area contributed by atoms with Gasteiger partial charge in [-0.1, -0.05) is 23.2 Å². The smallest absolute Gasteiger partial charge is 0.204 e. The van der Waals surface area contributed by atoms with Crippen molar-refractivity contribution in [2.45, 2.75) is 0 Å². The molecule has 0 saturated carbocycles. The fourth-order valence-corrected chi connectivity index (χ4v) is 2.41. The maximum absolute atomic E-state index is 6.19. The highest BCUT2D eigenvalue weighted by molar-refractivity contribution is 9.10. The third-order valence-corrected chi connectivity index (χ3v) is 4.30. The van der Waals surface area contributed by atoms with Gasteiger partial charge in [0.1, 0.15) is 6.33 Å². The Balaban J connectivity index is 2.43. The number of anilines is 3. The first-order valence-corrected chi connectivity index (χ1v) is 7.10. The monoisotopic (exact) mass is 376 g/mol. The van der Waals surface area contributed by atoms with Crippen LogP contribution in [0.3, 0.4) is 0 Å². The third kappa shape index (κ3) is 2.92. The van der Waals surface area contributed by atoms with Gasteiger partial charge in [0.2, 0.25) is 5.75 Å². The number of nitrogens with one attached hydrogen (secondary N) is 2. The van der Waals surface area contributed by atoms with E-state index in [0.717, 1.165) is 4.47 Å². The molecule has 0 amide bonds. The summed E-state index contributed by atoms with van der Waals surface area (Å²) in [4.78, 5) is 8.22. The van der Waals surface area contributed by atoms with Crippen LogP contribution >= 0.6 is 39.1 Å². The molecule has 0 spiro atoms. The zero-order chi connectivity index (χ0) is 14.7. The van der Waals surface area contributed by atoms with Crippen molar-refractivity contribution in [3.05, 3.63) is 33.0 Å². The molecule has 0 fully saturated rings. The molecule has 0 aliphatic heterocycles. The number of rotatable bonds is 4. The van der Waals surface area contributed by atoms with Crippen molar-refractivity contribution in [1.82, 2.24) is 9.97 Å². The van der Waals surface area contributed by atoms with E-state index >= 15 is 0 Å². The molecular formula is C12H11BrCl2N4O. The molecule has 1 aromatic heterocycles. The Labute approximate surface area is 134 Å². The van der Waals surface area contributed by atoms with Crippen molar-refractivity contribution in [1.29, 1.82) is 0 Å². The average molecular weight is 378 g/mol. The fraction of sp³-hybridized carbons (Fsp3) is 0.167. The van der Waals surface area contributed by atoms with E-state index in [1.165, 1.54) is 6.33 Å². The zero-order valence-electron chi connectivity index (χ0n) is 10.7. The van der Waals surface area contributed by atoms with Crippen LogP contribution < -0.4 is 15.4 Å². The topological polar surface area (TPSA) is 59.1 Å². The number of benzene rings is 1. The second-order valence-electron chi connectivity index (χ2n) is 3.70. The summed E-state index contributed by atoms with van der Waals surface area (Å²) in [6, 6.07) is 3.59. The molecule has 0 bridgehead atoms. The summed E-state index contributed by atoms with van der Waals surface area (Å²) in [6.45, 7) is 0. The van der Waals surface area contributed by atoms with Crippen LogP contribution in [0.1, 0.15) is 0 Å². The normalized spacial score (nSPS) is 10.2. The van der Waals surface area contributed by atoms with E-state index in [4.69, 9.17) is 27.9 Å². The number of aromatic nitrogens is 2. The molecule has 1 heterocycles. The van der Waals surface area contributed by atoms with E-state index in [1.807, 2.05) is 0 Å². The van der Waals surface area contributed by atoms with Crippen molar-refractivity contribution in [3.63, 3.8) is 0 Å². The molecule has 0 aliphatic carbocycles. The highest BCUT2D eigenvalue weighted by Crippen LogP contribution is 2.39. The largest absolute Gasteiger partial charge is 0.490 e. The van der Waals surface area contributed by atoms with Crippen LogP contribution in [0.25, 0.3) is 0 Å². The molecule has 0 unspecified atom stereocenters. The Kier molecular flexibility index (Phi) is 4.91. The summed E-state index contributed by atoms with van der Waals surface area (Å²) in [6.07, 6.45) is 1.42. The lowest BCUT2D eigenvalue weighted by molar-refractivity contribution is 0.415. The lowest BCUT2D eigenvalue weighted by Crippen LogP contribution is -2.03. The van der Waals surface area contributed by atoms with Gasteiger partial charge in [-0.3, -0.25) is 0 Å². The van der Waals surface area contributed by atoms with Gasteiger partial charge in [-0.25, -0.2) is 9.97 Å². The Morgan fingerprint density at radius 2 is 1.85 bits per heavy atom. The standard InChI is InChI=1S/C12H11BrCl2N4O/c1-16-11-10(20-2)12(18-5-17-11)19-7-4-3-6(13)8(14)9(7)15/h3-5H,1-2H3,(H2,16,17,18,19). The third-order valence-electron chi connectivity index (χ3n) is 2.53. The maximum atomic E-state index is 6.19. The van der Waals surface area contributed by atoms with E-state index in [0.29, 0.717) is 33.1 Å². The van der Waals surface area contributed by atoms with E-state index in [-0.39, 0.29) is 0 Å². The molecule has 1 aromatic carbocycles. The molecule has 0 radical (unpaired) electrons. The second-order valence-corrected chi connectivity index (χ2v) is 5.31. The zero-order valence-corrected chi connectivity index (χ0v) is 13.8. The maximum Gasteiger partial charge on any atom is 0.204 e. The Morgan fingerprint density at radius 1 is 1.15 bits per heavy atom. The van der Waals surface area contributed by atoms with E-state index < -0.39 is 0 Å². The van der Waals surface area contributed by atoms with Crippen LogP contribution in [-0.4, -0.2) is 24.1 Å². The summed E-state index contributed by atoms with van der Waals surface area (Å²) >= 11 is 15.6. The Bertz CT molecular complexity index is 639. The first-order chi connectivity index (χ1) is 9.58. The van der Waals surface area contributed by atoms with Crippen molar-refractivity contribution in [2.24, 2.45) is 0 Å². The molecule has 2 rings (SSSR count). The lowest BCUT2D eigenvalue weighted by Gasteiger charge is -2.14. The number of ether oxygens (including phenoxy) is 1. The van der Waals surface area contributed by atoms with Gasteiger partial charge in [0.25, 0.3) is 0 Å². The summed E-state index contributed by atoms with van der Waals surface area (Å²) in [7, 11) is 3.29. The molecular weight excluding hydrogens is 367 g/mol. The van der Waals surface area contributed by atoms with Crippen molar-refractivity contribution < 1.29 is 4.74 Å². The first kappa shape index (κ1) is 15.2. The van der Waals surface area contributed by atoms with E-state index in [9.17, 15) is 0 Å². The van der Waals surface area contributed by atoms with Crippen molar-refractivity contribution in [2.75, 3.05) is 24.8 Å². The van der Waals surface area contributed by atoms with Gasteiger partial charge in [0.05, 0.1) is 22.8 Å². The van der Waals surface area contributed by atoms with Gasteiger partial charge >= 0.3 is 0 Å². The van der Waals surface area contributed by atoms with Crippen LogP contribution in [-0.2, 0) is 0 Å². The summed E-state index contributed by atoms with van der Waals surface area (Å²) < 4.78 is 6.02.